The SMILES string of the molecule is CC(=O)Nc1ccc2c(c1)S(=O)(=O)N(CC(=O)O)C2=O. The Hall–Kier alpha value is -2.42. The molecule has 0 saturated heterocycles. The molecule has 2 amide bonds. The molecule has 106 valence electrons. The van der Waals surface area contributed by atoms with Crippen molar-refractivity contribution in [3.63, 3.8) is 0 Å². The molecular weight excluding hydrogens is 288 g/mol. The van der Waals surface area contributed by atoms with Gasteiger partial charge in [0.15, 0.2) is 0 Å². The van der Waals surface area contributed by atoms with E-state index in [1.807, 2.05) is 0 Å². The lowest BCUT2D eigenvalue weighted by atomic mass is 10.2. The molecule has 1 aliphatic heterocycles. The van der Waals surface area contributed by atoms with Gasteiger partial charge in [-0.2, -0.15) is 0 Å². The molecule has 1 aromatic carbocycles. The zero-order valence-corrected chi connectivity index (χ0v) is 11.1. The number of benzene rings is 1. The zero-order valence-electron chi connectivity index (χ0n) is 10.3. The lowest BCUT2D eigenvalue weighted by Crippen LogP contribution is -2.34. The summed E-state index contributed by atoms with van der Waals surface area (Å²) >= 11 is 0. The number of nitrogens with zero attached hydrogens (tertiary/aromatic N) is 1. The van der Waals surface area contributed by atoms with Crippen LogP contribution in [0.4, 0.5) is 5.69 Å². The predicted molar refractivity (Wildman–Crippen MR) is 66.6 cm³/mol. The number of carboxylic acids is 1. The molecule has 2 N–H and O–H groups in total. The van der Waals surface area contributed by atoms with E-state index in [1.54, 1.807) is 0 Å². The maximum Gasteiger partial charge on any atom is 0.324 e. The fourth-order valence-corrected chi connectivity index (χ4v) is 3.38. The normalized spacial score (nSPS) is 15.8. The Bertz CT molecular complexity index is 724. The number of hydrogen-bond donors (Lipinski definition) is 2. The van der Waals surface area contributed by atoms with Gasteiger partial charge in [0.2, 0.25) is 5.91 Å². The number of fused-ring (bicyclic) bond motifs is 1. The van der Waals surface area contributed by atoms with Crippen molar-refractivity contribution >= 4 is 33.5 Å². The van der Waals surface area contributed by atoms with Gasteiger partial charge in [0.05, 0.1) is 5.56 Å². The smallest absolute Gasteiger partial charge is 0.324 e. The van der Waals surface area contributed by atoms with E-state index in [-0.39, 0.29) is 20.5 Å². The first-order valence-electron chi connectivity index (χ1n) is 5.44. The number of aliphatic carboxylic acids is 1. The highest BCUT2D eigenvalue weighted by molar-refractivity contribution is 7.90. The van der Waals surface area contributed by atoms with E-state index < -0.39 is 34.4 Å². The largest absolute Gasteiger partial charge is 0.480 e. The van der Waals surface area contributed by atoms with Crippen molar-refractivity contribution in [2.75, 3.05) is 11.9 Å². The number of amides is 2. The average Bonchev–Trinajstić information content (AvgIpc) is 2.50. The van der Waals surface area contributed by atoms with Crippen molar-refractivity contribution in [3.8, 4) is 0 Å². The van der Waals surface area contributed by atoms with Crippen LogP contribution in [0.25, 0.3) is 0 Å². The summed E-state index contributed by atoms with van der Waals surface area (Å²) in [7, 11) is -4.20. The van der Waals surface area contributed by atoms with E-state index in [0.29, 0.717) is 0 Å². The Morgan fingerprint density at radius 3 is 2.55 bits per heavy atom. The molecule has 0 atom stereocenters. The van der Waals surface area contributed by atoms with E-state index in [4.69, 9.17) is 5.11 Å². The van der Waals surface area contributed by atoms with E-state index in [9.17, 15) is 22.8 Å². The van der Waals surface area contributed by atoms with Crippen molar-refractivity contribution in [3.05, 3.63) is 23.8 Å². The van der Waals surface area contributed by atoms with Gasteiger partial charge >= 0.3 is 5.97 Å². The predicted octanol–water partition coefficient (Wildman–Crippen LogP) is -0.126. The van der Waals surface area contributed by atoms with Gasteiger partial charge in [-0.1, -0.05) is 0 Å². The fraction of sp³-hybridized carbons (Fsp3) is 0.182. The van der Waals surface area contributed by atoms with Crippen LogP contribution in [0.3, 0.4) is 0 Å². The monoisotopic (exact) mass is 298 g/mol. The van der Waals surface area contributed by atoms with Gasteiger partial charge in [-0.25, -0.2) is 12.7 Å². The van der Waals surface area contributed by atoms with Gasteiger partial charge in [0.25, 0.3) is 15.9 Å². The number of nitrogens with one attached hydrogen (secondary N) is 1. The van der Waals surface area contributed by atoms with E-state index in [2.05, 4.69) is 5.32 Å². The first kappa shape index (κ1) is 14.0. The second-order valence-corrected chi connectivity index (χ2v) is 5.93. The van der Waals surface area contributed by atoms with Crippen LogP contribution in [-0.2, 0) is 19.6 Å². The summed E-state index contributed by atoms with van der Waals surface area (Å²) in [5, 5.41) is 11.1. The highest BCUT2D eigenvalue weighted by atomic mass is 32.2. The molecule has 0 radical (unpaired) electrons. The maximum absolute atomic E-state index is 12.1. The topological polar surface area (TPSA) is 121 Å². The number of carboxylic acid groups (broad SMARTS) is 1. The number of sulfonamides is 1. The standard InChI is InChI=1S/C11H10N2O6S/c1-6(14)12-7-2-3-8-9(4-7)20(18,19)13(11(8)17)5-10(15)16/h2-4H,5H2,1H3,(H,12,14)(H,15,16). The van der Waals surface area contributed by atoms with E-state index >= 15 is 0 Å². The molecule has 1 heterocycles. The molecule has 0 fully saturated rings. The zero-order chi connectivity index (χ0) is 15.1. The van der Waals surface area contributed by atoms with Crippen molar-refractivity contribution < 1.29 is 27.9 Å². The minimum atomic E-state index is -4.20. The summed E-state index contributed by atoms with van der Waals surface area (Å²) in [4.78, 5) is 33.1. The minimum Gasteiger partial charge on any atom is -0.480 e. The summed E-state index contributed by atoms with van der Waals surface area (Å²) in [5.74, 6) is -2.72. The number of anilines is 1. The quantitative estimate of drug-likeness (QED) is 0.802. The Morgan fingerprint density at radius 2 is 2.00 bits per heavy atom. The van der Waals surface area contributed by atoms with Crippen LogP contribution in [-0.4, -0.2) is 42.2 Å². The molecular formula is C11H10N2O6S. The summed E-state index contributed by atoms with van der Waals surface area (Å²) in [6, 6.07) is 3.74. The van der Waals surface area contributed by atoms with Crippen LogP contribution in [0.2, 0.25) is 0 Å². The number of carbonyl (C=O) groups is 3. The maximum atomic E-state index is 12.1. The molecule has 20 heavy (non-hydrogen) atoms. The summed E-state index contributed by atoms with van der Waals surface area (Å²) in [6.45, 7) is 0.314. The average molecular weight is 298 g/mol. The highest BCUT2D eigenvalue weighted by Crippen LogP contribution is 2.32. The van der Waals surface area contributed by atoms with E-state index in [0.717, 1.165) is 6.07 Å². The number of carbonyl (C=O) groups excluding carboxylic acids is 2. The van der Waals surface area contributed by atoms with Gasteiger partial charge in [0, 0.05) is 12.6 Å². The Kier molecular flexibility index (Phi) is 3.22. The van der Waals surface area contributed by atoms with Crippen LogP contribution in [0.15, 0.2) is 23.1 Å². The molecule has 0 bridgehead atoms. The van der Waals surface area contributed by atoms with Crippen molar-refractivity contribution in [2.24, 2.45) is 0 Å². The molecule has 1 aliphatic rings. The molecule has 0 unspecified atom stereocenters. The minimum absolute atomic E-state index is 0.111. The third kappa shape index (κ3) is 2.23. The van der Waals surface area contributed by atoms with Crippen LogP contribution in [0, 0.1) is 0 Å². The molecule has 0 aliphatic carbocycles. The second-order valence-electron chi connectivity index (χ2n) is 4.10. The van der Waals surface area contributed by atoms with Gasteiger partial charge in [-0.05, 0) is 18.2 Å². The fourth-order valence-electron chi connectivity index (χ4n) is 1.84. The highest BCUT2D eigenvalue weighted by Gasteiger charge is 2.42. The molecule has 2 rings (SSSR count). The third-order valence-corrected chi connectivity index (χ3v) is 4.37. The Labute approximate surface area is 114 Å². The van der Waals surface area contributed by atoms with Gasteiger partial charge < -0.3 is 10.4 Å². The van der Waals surface area contributed by atoms with Gasteiger partial charge in [-0.15, -0.1) is 0 Å². The van der Waals surface area contributed by atoms with Crippen LogP contribution < -0.4 is 5.32 Å². The molecule has 0 saturated carbocycles. The number of hydrogen-bond acceptors (Lipinski definition) is 5. The second kappa shape index (κ2) is 4.60. The van der Waals surface area contributed by atoms with Crippen molar-refractivity contribution in [1.29, 1.82) is 0 Å². The molecule has 9 heteroatoms. The number of rotatable bonds is 3. The molecule has 1 aromatic rings. The van der Waals surface area contributed by atoms with Crippen LogP contribution in [0.1, 0.15) is 17.3 Å². The lowest BCUT2D eigenvalue weighted by molar-refractivity contribution is -0.136. The van der Waals surface area contributed by atoms with Crippen molar-refractivity contribution in [1.82, 2.24) is 4.31 Å². The van der Waals surface area contributed by atoms with Gasteiger partial charge in [0.1, 0.15) is 11.4 Å². The Balaban J connectivity index is 2.51. The van der Waals surface area contributed by atoms with Crippen LogP contribution in [0.5, 0.6) is 0 Å². The summed E-state index contributed by atoms with van der Waals surface area (Å²) in [6.07, 6.45) is 0. The first-order chi connectivity index (χ1) is 9.23. The van der Waals surface area contributed by atoms with Crippen molar-refractivity contribution in [2.45, 2.75) is 11.8 Å². The molecule has 0 spiro atoms. The Morgan fingerprint density at radius 1 is 1.35 bits per heavy atom. The van der Waals surface area contributed by atoms with E-state index in [1.165, 1.54) is 19.1 Å². The molecule has 0 aromatic heterocycles. The summed E-state index contributed by atoms with van der Waals surface area (Å²) < 4.78 is 24.5. The summed E-state index contributed by atoms with van der Waals surface area (Å²) in [5.41, 5.74) is 0.102. The van der Waals surface area contributed by atoms with Gasteiger partial charge in [-0.3, -0.25) is 14.4 Å². The molecule has 8 nitrogen and oxygen atoms in total. The first-order valence-corrected chi connectivity index (χ1v) is 6.88. The lowest BCUT2D eigenvalue weighted by Gasteiger charge is -2.11. The van der Waals surface area contributed by atoms with Crippen LogP contribution >= 0.6 is 0 Å². The third-order valence-electron chi connectivity index (χ3n) is 2.61.